The van der Waals surface area contributed by atoms with E-state index in [1.54, 1.807) is 42.5 Å². The van der Waals surface area contributed by atoms with Gasteiger partial charge in [0.1, 0.15) is 5.76 Å². The number of methoxy groups -OCH3 is 1. The Morgan fingerprint density at radius 1 is 1.10 bits per heavy atom. The van der Waals surface area contributed by atoms with Crippen molar-refractivity contribution in [1.29, 1.82) is 0 Å². The Morgan fingerprint density at radius 3 is 2.66 bits per heavy atom. The number of carbonyl (C=O) groups is 2. The van der Waals surface area contributed by atoms with Crippen molar-refractivity contribution >= 4 is 17.5 Å². The number of para-hydroxylation sites is 1. The molecule has 0 fully saturated rings. The number of carbonyl (C=O) groups excluding carboxylic acids is 2. The number of benzene rings is 2. The normalized spacial score (nSPS) is 10.4. The highest BCUT2D eigenvalue weighted by Crippen LogP contribution is 2.19. The van der Waals surface area contributed by atoms with Crippen molar-refractivity contribution in [2.24, 2.45) is 0 Å². The van der Waals surface area contributed by atoms with Crippen LogP contribution >= 0.6 is 0 Å². The number of amides is 2. The van der Waals surface area contributed by atoms with E-state index in [0.717, 1.165) is 0 Å². The third-order valence-electron chi connectivity index (χ3n) is 4.31. The zero-order valence-corrected chi connectivity index (χ0v) is 15.9. The number of hydrogen-bond acceptors (Lipinski definition) is 4. The highest BCUT2D eigenvalue weighted by molar-refractivity contribution is 6.03. The van der Waals surface area contributed by atoms with Crippen molar-refractivity contribution < 1.29 is 23.1 Å². The lowest BCUT2D eigenvalue weighted by atomic mass is 10.1. The summed E-state index contributed by atoms with van der Waals surface area (Å²) in [5.74, 6) is -0.273. The summed E-state index contributed by atoms with van der Waals surface area (Å²) in [6, 6.07) is 14.8. The first-order valence-electron chi connectivity index (χ1n) is 9.08. The molecule has 1 heterocycles. The summed E-state index contributed by atoms with van der Waals surface area (Å²) in [7, 11) is 1.40. The third-order valence-corrected chi connectivity index (χ3v) is 4.31. The second-order valence-corrected chi connectivity index (χ2v) is 6.32. The summed E-state index contributed by atoms with van der Waals surface area (Å²) in [4.78, 5) is 24.8. The minimum atomic E-state index is -0.469. The van der Waals surface area contributed by atoms with Gasteiger partial charge < -0.3 is 19.8 Å². The highest BCUT2D eigenvalue weighted by Gasteiger charge is 2.14. The lowest BCUT2D eigenvalue weighted by molar-refractivity contribution is -0.116. The van der Waals surface area contributed by atoms with E-state index in [2.05, 4.69) is 10.6 Å². The van der Waals surface area contributed by atoms with Crippen molar-refractivity contribution in [2.75, 3.05) is 12.4 Å². The van der Waals surface area contributed by atoms with Gasteiger partial charge in [0.2, 0.25) is 5.91 Å². The molecule has 0 saturated heterocycles. The fourth-order valence-electron chi connectivity index (χ4n) is 2.80. The van der Waals surface area contributed by atoms with Crippen LogP contribution in [0.5, 0.6) is 5.75 Å². The molecule has 3 aromatic rings. The molecule has 0 spiro atoms. The average molecular weight is 396 g/mol. The summed E-state index contributed by atoms with van der Waals surface area (Å²) in [6.07, 6.45) is 2.04. The topological polar surface area (TPSA) is 80.6 Å². The molecule has 6 nitrogen and oxygen atoms in total. The quantitative estimate of drug-likeness (QED) is 0.605. The molecule has 0 saturated carbocycles. The fraction of sp³-hybridized carbons (Fsp3) is 0.182. The molecular weight excluding hydrogens is 375 g/mol. The summed E-state index contributed by atoms with van der Waals surface area (Å²) >= 11 is 0. The van der Waals surface area contributed by atoms with Crippen molar-refractivity contribution in [3.05, 3.63) is 83.6 Å². The number of aryl methyl sites for hydroxylation is 1. The zero-order valence-electron chi connectivity index (χ0n) is 15.9. The molecule has 150 valence electrons. The lowest BCUT2D eigenvalue weighted by Gasteiger charge is -2.11. The fourth-order valence-corrected chi connectivity index (χ4v) is 2.80. The van der Waals surface area contributed by atoms with Gasteiger partial charge in [-0.3, -0.25) is 9.59 Å². The lowest BCUT2D eigenvalue weighted by Crippen LogP contribution is -2.24. The van der Waals surface area contributed by atoms with Gasteiger partial charge in [-0.1, -0.05) is 18.2 Å². The molecule has 0 aliphatic heterocycles. The predicted molar refractivity (Wildman–Crippen MR) is 106 cm³/mol. The van der Waals surface area contributed by atoms with E-state index in [4.69, 9.17) is 9.15 Å². The molecule has 29 heavy (non-hydrogen) atoms. The van der Waals surface area contributed by atoms with Gasteiger partial charge in [0.15, 0.2) is 11.6 Å². The Kier molecular flexibility index (Phi) is 6.63. The molecule has 0 atom stereocenters. The Hall–Kier alpha value is -3.61. The highest BCUT2D eigenvalue weighted by atomic mass is 19.1. The van der Waals surface area contributed by atoms with Crippen LogP contribution in [-0.2, 0) is 17.8 Å². The van der Waals surface area contributed by atoms with Crippen molar-refractivity contribution in [1.82, 2.24) is 5.32 Å². The smallest absolute Gasteiger partial charge is 0.253 e. The van der Waals surface area contributed by atoms with E-state index in [0.29, 0.717) is 29.0 Å². The molecule has 1 aromatic heterocycles. The standard InChI is InChI=1S/C22H21FN2O4/c1-28-20-10-8-15(13-18(20)23)9-11-21(26)25-19-7-3-2-6-17(19)22(27)24-14-16-5-4-12-29-16/h2-8,10,12-13H,9,11,14H2,1H3,(H,24,27)(H,25,26). The number of hydrogen-bond donors (Lipinski definition) is 2. The van der Waals surface area contributed by atoms with Crippen LogP contribution in [0.2, 0.25) is 0 Å². The molecule has 2 N–H and O–H groups in total. The van der Waals surface area contributed by atoms with Gasteiger partial charge in [-0.2, -0.15) is 0 Å². The minimum absolute atomic E-state index is 0.147. The number of anilines is 1. The maximum absolute atomic E-state index is 13.8. The van der Waals surface area contributed by atoms with Crippen LogP contribution in [0, 0.1) is 5.82 Å². The van der Waals surface area contributed by atoms with Gasteiger partial charge in [-0.25, -0.2) is 4.39 Å². The van der Waals surface area contributed by atoms with Crippen LogP contribution in [0.3, 0.4) is 0 Å². The van der Waals surface area contributed by atoms with Gasteiger partial charge in [0.05, 0.1) is 31.2 Å². The molecule has 0 unspecified atom stereocenters. The second kappa shape index (κ2) is 9.54. The van der Waals surface area contributed by atoms with Crippen LogP contribution in [-0.4, -0.2) is 18.9 Å². The SMILES string of the molecule is COc1ccc(CCC(=O)Nc2ccccc2C(=O)NCc2ccco2)cc1F. The first-order valence-corrected chi connectivity index (χ1v) is 9.08. The predicted octanol–water partition coefficient (Wildman–Crippen LogP) is 3.93. The Morgan fingerprint density at radius 2 is 1.93 bits per heavy atom. The summed E-state index contributed by atoms with van der Waals surface area (Å²) in [6.45, 7) is 0.247. The molecule has 0 radical (unpaired) electrons. The molecule has 2 aromatic carbocycles. The Labute approximate surface area is 167 Å². The van der Waals surface area contributed by atoms with Gasteiger partial charge in [-0.15, -0.1) is 0 Å². The first kappa shape index (κ1) is 20.1. The number of halogens is 1. The van der Waals surface area contributed by atoms with E-state index in [1.165, 1.54) is 25.5 Å². The number of furan rings is 1. The van der Waals surface area contributed by atoms with Gasteiger partial charge in [0.25, 0.3) is 5.91 Å². The summed E-state index contributed by atoms with van der Waals surface area (Å²) < 4.78 is 23.8. The second-order valence-electron chi connectivity index (χ2n) is 6.32. The van der Waals surface area contributed by atoms with Crippen LogP contribution in [0.25, 0.3) is 0 Å². The van der Waals surface area contributed by atoms with E-state index in [1.807, 2.05) is 0 Å². The zero-order chi connectivity index (χ0) is 20.6. The van der Waals surface area contributed by atoms with E-state index < -0.39 is 5.82 Å². The van der Waals surface area contributed by atoms with Crippen molar-refractivity contribution in [3.63, 3.8) is 0 Å². The van der Waals surface area contributed by atoms with Gasteiger partial charge in [-0.05, 0) is 48.4 Å². The Balaban J connectivity index is 1.58. The third kappa shape index (κ3) is 5.44. The van der Waals surface area contributed by atoms with Crippen LogP contribution in [0.1, 0.15) is 28.1 Å². The minimum Gasteiger partial charge on any atom is -0.494 e. The van der Waals surface area contributed by atoms with Crippen molar-refractivity contribution in [3.8, 4) is 5.75 Å². The maximum Gasteiger partial charge on any atom is 0.253 e. The largest absolute Gasteiger partial charge is 0.494 e. The maximum atomic E-state index is 13.8. The summed E-state index contributed by atoms with van der Waals surface area (Å²) in [5.41, 5.74) is 1.45. The molecule has 2 amide bonds. The molecule has 0 aliphatic rings. The van der Waals surface area contributed by atoms with Crippen LogP contribution in [0.4, 0.5) is 10.1 Å². The van der Waals surface area contributed by atoms with Gasteiger partial charge in [0, 0.05) is 6.42 Å². The molecule has 0 bridgehead atoms. The molecule has 0 aliphatic carbocycles. The monoisotopic (exact) mass is 396 g/mol. The number of ether oxygens (including phenoxy) is 1. The van der Waals surface area contributed by atoms with Crippen molar-refractivity contribution in [2.45, 2.75) is 19.4 Å². The average Bonchev–Trinajstić information content (AvgIpc) is 3.25. The number of nitrogens with one attached hydrogen (secondary N) is 2. The van der Waals surface area contributed by atoms with Crippen LogP contribution in [0.15, 0.2) is 65.3 Å². The Bertz CT molecular complexity index is 986. The molecule has 7 heteroatoms. The first-order chi connectivity index (χ1) is 14.1. The van der Waals surface area contributed by atoms with E-state index in [-0.39, 0.29) is 30.5 Å². The van der Waals surface area contributed by atoms with E-state index >= 15 is 0 Å². The van der Waals surface area contributed by atoms with Gasteiger partial charge >= 0.3 is 0 Å². The van der Waals surface area contributed by atoms with Crippen LogP contribution < -0.4 is 15.4 Å². The number of rotatable bonds is 8. The van der Waals surface area contributed by atoms with E-state index in [9.17, 15) is 14.0 Å². The molecule has 3 rings (SSSR count). The molecular formula is C22H21FN2O4. The summed E-state index contributed by atoms with van der Waals surface area (Å²) in [5, 5.41) is 5.50.